The number of anilines is 1. The molecule has 9 nitrogen and oxygen atoms in total. The van der Waals surface area contributed by atoms with E-state index in [-0.39, 0.29) is 23.6 Å². The first-order valence-electron chi connectivity index (χ1n) is 15.6. The number of aromatic nitrogens is 3. The highest BCUT2D eigenvalue weighted by Crippen LogP contribution is 2.44. The fourth-order valence-electron chi connectivity index (χ4n) is 6.33. The summed E-state index contributed by atoms with van der Waals surface area (Å²) in [5.74, 6) is -0.243. The number of nitrogens with one attached hydrogen (secondary N) is 2. The Hall–Kier alpha value is -5.09. The topological polar surface area (TPSA) is 109 Å². The molecule has 0 radical (unpaired) electrons. The number of likely N-dealkylation sites (tertiary alicyclic amines) is 1. The number of hydrogen-bond acceptors (Lipinski definition) is 6. The lowest BCUT2D eigenvalue weighted by Crippen LogP contribution is -2.42. The average Bonchev–Trinajstić information content (AvgIpc) is 3.69. The molecule has 2 aromatic heterocycles. The summed E-state index contributed by atoms with van der Waals surface area (Å²) in [6.07, 6.45) is 2.85. The molecule has 1 fully saturated rings. The summed E-state index contributed by atoms with van der Waals surface area (Å²) in [6.45, 7) is 3.02. The Kier molecular flexibility index (Phi) is 8.19. The Morgan fingerprint density at radius 2 is 1.65 bits per heavy atom. The summed E-state index contributed by atoms with van der Waals surface area (Å²) in [5.41, 5.74) is 7.63. The minimum absolute atomic E-state index is 0.0137. The largest absolute Gasteiger partial charge is 0.352 e. The van der Waals surface area contributed by atoms with Crippen LogP contribution in [0.3, 0.4) is 0 Å². The summed E-state index contributed by atoms with van der Waals surface area (Å²) in [6, 6.07) is 27.6. The third kappa shape index (κ3) is 5.95. The van der Waals surface area contributed by atoms with E-state index in [1.165, 1.54) is 18.3 Å². The van der Waals surface area contributed by atoms with Crippen molar-refractivity contribution < 1.29 is 14.4 Å². The maximum Gasteiger partial charge on any atom is 0.253 e. The Morgan fingerprint density at radius 3 is 2.39 bits per heavy atom. The number of thiazole rings is 1. The molecule has 3 amide bonds. The molecule has 1 aliphatic carbocycles. The van der Waals surface area contributed by atoms with Crippen molar-refractivity contribution in [3.05, 3.63) is 107 Å². The molecule has 0 bridgehead atoms. The maximum absolute atomic E-state index is 13.2. The van der Waals surface area contributed by atoms with Gasteiger partial charge in [0.1, 0.15) is 0 Å². The van der Waals surface area contributed by atoms with Crippen LogP contribution in [0.5, 0.6) is 0 Å². The van der Waals surface area contributed by atoms with E-state index in [0.717, 1.165) is 57.2 Å². The second kappa shape index (κ2) is 12.7. The van der Waals surface area contributed by atoms with Gasteiger partial charge in [-0.05, 0) is 55.5 Å². The van der Waals surface area contributed by atoms with Crippen LogP contribution in [0, 0.1) is 5.92 Å². The van der Waals surface area contributed by atoms with E-state index >= 15 is 0 Å². The van der Waals surface area contributed by atoms with Gasteiger partial charge in [-0.2, -0.15) is 5.10 Å². The van der Waals surface area contributed by atoms with Crippen LogP contribution in [-0.2, 0) is 29.0 Å². The molecule has 2 N–H and O–H groups in total. The lowest BCUT2D eigenvalue weighted by Gasteiger charge is -2.31. The van der Waals surface area contributed by atoms with E-state index in [0.29, 0.717) is 43.2 Å². The number of benzene rings is 3. The zero-order chi connectivity index (χ0) is 31.6. The van der Waals surface area contributed by atoms with Crippen LogP contribution in [0.15, 0.2) is 84.9 Å². The number of carbonyl (C=O) groups is 3. The predicted molar refractivity (Wildman–Crippen MR) is 179 cm³/mol. The van der Waals surface area contributed by atoms with E-state index in [1.807, 2.05) is 76.3 Å². The number of nitrogens with zero attached hydrogens (tertiary/aromatic N) is 4. The molecule has 232 valence electrons. The van der Waals surface area contributed by atoms with Crippen molar-refractivity contribution in [2.45, 2.75) is 39.2 Å². The average molecular weight is 631 g/mol. The van der Waals surface area contributed by atoms with E-state index in [1.54, 1.807) is 0 Å². The van der Waals surface area contributed by atoms with Gasteiger partial charge in [0.05, 0.1) is 27.6 Å². The number of fused-ring (bicyclic) bond motifs is 3. The highest BCUT2D eigenvalue weighted by atomic mass is 32.1. The second-order valence-electron chi connectivity index (χ2n) is 11.7. The van der Waals surface area contributed by atoms with Crippen molar-refractivity contribution in [3.8, 4) is 27.5 Å². The number of rotatable bonds is 7. The Balaban J connectivity index is 1.10. The number of aryl methyl sites for hydroxylation is 1. The summed E-state index contributed by atoms with van der Waals surface area (Å²) in [5, 5.41) is 11.7. The van der Waals surface area contributed by atoms with Gasteiger partial charge in [0, 0.05) is 49.2 Å². The Labute approximate surface area is 271 Å². The van der Waals surface area contributed by atoms with Gasteiger partial charge in [-0.1, -0.05) is 72.0 Å². The van der Waals surface area contributed by atoms with E-state index in [9.17, 15) is 14.4 Å². The normalized spacial score (nSPS) is 14.3. The first kappa shape index (κ1) is 29.6. The fraction of sp³-hybridized carbons (Fsp3) is 0.250. The molecular weight excluding hydrogens is 597 g/mol. The molecule has 0 saturated carbocycles. The number of piperidine rings is 1. The second-order valence-corrected chi connectivity index (χ2v) is 12.7. The van der Waals surface area contributed by atoms with Crippen LogP contribution in [0.25, 0.3) is 27.5 Å². The van der Waals surface area contributed by atoms with Crippen LogP contribution in [0.2, 0.25) is 0 Å². The predicted octanol–water partition coefficient (Wildman–Crippen LogP) is 5.89. The molecule has 3 heterocycles. The first-order chi connectivity index (χ1) is 22.4. The molecule has 1 saturated heterocycles. The fourth-order valence-corrected chi connectivity index (χ4v) is 7.44. The minimum Gasteiger partial charge on any atom is -0.352 e. The number of amides is 3. The lowest BCUT2D eigenvalue weighted by molar-refractivity contribution is -0.126. The third-order valence-corrected chi connectivity index (χ3v) is 9.65. The molecule has 7 rings (SSSR count). The summed E-state index contributed by atoms with van der Waals surface area (Å²) in [4.78, 5) is 45.3. The van der Waals surface area contributed by atoms with Crippen LogP contribution in [0.4, 0.5) is 5.13 Å². The SMILES string of the molecule is CC(=O)Nc1nc2c(s1)-c1c(c(-c3ccccc3)nn1-c1cccc(CNC(=O)C3CCN(C(=O)c4ccccc4)CC3)c1)CC2. The molecule has 0 spiro atoms. The van der Waals surface area contributed by atoms with E-state index in [4.69, 9.17) is 10.1 Å². The van der Waals surface area contributed by atoms with Gasteiger partial charge in [0.25, 0.3) is 5.91 Å². The summed E-state index contributed by atoms with van der Waals surface area (Å²) in [7, 11) is 0. The third-order valence-electron chi connectivity index (χ3n) is 8.63. The van der Waals surface area contributed by atoms with E-state index in [2.05, 4.69) is 28.8 Å². The van der Waals surface area contributed by atoms with Gasteiger partial charge >= 0.3 is 0 Å². The van der Waals surface area contributed by atoms with Gasteiger partial charge in [0.15, 0.2) is 5.13 Å². The van der Waals surface area contributed by atoms with Crippen molar-refractivity contribution >= 4 is 34.2 Å². The summed E-state index contributed by atoms with van der Waals surface area (Å²) < 4.78 is 1.98. The van der Waals surface area contributed by atoms with Crippen molar-refractivity contribution in [1.82, 2.24) is 25.0 Å². The molecule has 10 heteroatoms. The molecule has 2 aliphatic rings. The standard InChI is InChI=1S/C36H34N6O3S/c1-23(43)38-36-39-30-16-15-29-31(25-10-4-2-5-11-25)40-42(32(29)33(30)46-36)28-14-8-9-24(21-28)22-37-34(44)26-17-19-41(20-18-26)35(45)27-12-6-3-7-13-27/h2-14,21,26H,15-20,22H2,1H3,(H,37,44)(H,38,39,43). The van der Waals surface area contributed by atoms with Gasteiger partial charge in [0.2, 0.25) is 11.8 Å². The highest BCUT2D eigenvalue weighted by molar-refractivity contribution is 7.19. The quantitative estimate of drug-likeness (QED) is 0.233. The number of hydrogen-bond donors (Lipinski definition) is 2. The van der Waals surface area contributed by atoms with Gasteiger partial charge in [-0.3, -0.25) is 14.4 Å². The van der Waals surface area contributed by atoms with Crippen molar-refractivity contribution in [2.75, 3.05) is 18.4 Å². The molecule has 0 unspecified atom stereocenters. The van der Waals surface area contributed by atoms with Crippen molar-refractivity contribution in [2.24, 2.45) is 5.92 Å². The van der Waals surface area contributed by atoms with E-state index < -0.39 is 0 Å². The zero-order valence-electron chi connectivity index (χ0n) is 25.5. The first-order valence-corrected chi connectivity index (χ1v) is 16.4. The van der Waals surface area contributed by atoms with Crippen LogP contribution in [0.1, 0.15) is 46.9 Å². The van der Waals surface area contributed by atoms with Crippen molar-refractivity contribution in [3.63, 3.8) is 0 Å². The highest BCUT2D eigenvalue weighted by Gasteiger charge is 2.30. The van der Waals surface area contributed by atoms with Crippen LogP contribution >= 0.6 is 11.3 Å². The van der Waals surface area contributed by atoms with Crippen LogP contribution in [-0.4, -0.2) is 50.5 Å². The van der Waals surface area contributed by atoms with Gasteiger partial charge < -0.3 is 15.5 Å². The monoisotopic (exact) mass is 630 g/mol. The Bertz CT molecular complexity index is 1910. The summed E-state index contributed by atoms with van der Waals surface area (Å²) >= 11 is 1.47. The molecule has 3 aromatic carbocycles. The molecule has 0 atom stereocenters. The lowest BCUT2D eigenvalue weighted by atomic mass is 9.95. The molecule has 1 aliphatic heterocycles. The van der Waals surface area contributed by atoms with Gasteiger partial charge in [-0.15, -0.1) is 0 Å². The van der Waals surface area contributed by atoms with Crippen molar-refractivity contribution in [1.29, 1.82) is 0 Å². The Morgan fingerprint density at radius 1 is 0.913 bits per heavy atom. The smallest absolute Gasteiger partial charge is 0.253 e. The molecular formula is C36H34N6O3S. The van der Waals surface area contributed by atoms with Gasteiger partial charge in [-0.25, -0.2) is 9.67 Å². The number of carbonyl (C=O) groups excluding carboxylic acids is 3. The minimum atomic E-state index is -0.147. The zero-order valence-corrected chi connectivity index (χ0v) is 26.3. The maximum atomic E-state index is 13.2. The molecule has 5 aromatic rings. The van der Waals surface area contributed by atoms with Crippen LogP contribution < -0.4 is 10.6 Å². The molecule has 46 heavy (non-hydrogen) atoms.